The minimum absolute atomic E-state index is 0.426. The van der Waals surface area contributed by atoms with Crippen molar-refractivity contribution in [1.82, 2.24) is 0 Å². The van der Waals surface area contributed by atoms with E-state index in [9.17, 15) is 0 Å². The molecule has 0 amide bonds. The predicted molar refractivity (Wildman–Crippen MR) is 216 cm³/mol. The van der Waals surface area contributed by atoms with Crippen LogP contribution in [0.3, 0.4) is 0 Å². The molecule has 0 aliphatic carbocycles. The van der Waals surface area contributed by atoms with Gasteiger partial charge < -0.3 is 4.90 Å². The average Bonchev–Trinajstić information content (AvgIpc) is 3.08. The Labute approximate surface area is 287 Å². The summed E-state index contributed by atoms with van der Waals surface area (Å²) in [4.78, 5) is 2.55. The standard InChI is InChI=1S/C44H53NP2/c1-32(2)46(9,33(3)4)43-30-38(36-20-14-11-15-21-36)26-28-41(43)45(40-24-18-13-19-25-40)42-29-27-39(37-22-16-12-17-23-37)31-44(42)47(10,34(5)6)35(7)8/h11-35H,9-10H2,1-8H3. The van der Waals surface area contributed by atoms with Crippen molar-refractivity contribution >= 4 is 42.2 Å². The lowest BCUT2D eigenvalue weighted by Gasteiger charge is -2.43. The van der Waals surface area contributed by atoms with E-state index in [1.54, 1.807) is 0 Å². The van der Waals surface area contributed by atoms with Gasteiger partial charge in [0.05, 0.1) is 22.0 Å². The van der Waals surface area contributed by atoms with Crippen LogP contribution in [0.25, 0.3) is 22.3 Å². The molecule has 0 heterocycles. The van der Waals surface area contributed by atoms with Crippen molar-refractivity contribution in [2.75, 3.05) is 4.90 Å². The minimum Gasteiger partial charge on any atom is -0.303 e. The third-order valence-electron chi connectivity index (χ3n) is 10.2. The third kappa shape index (κ3) is 6.73. The molecule has 0 saturated carbocycles. The largest absolute Gasteiger partial charge is 0.303 e. The fraction of sp³-hybridized carbons (Fsp3) is 0.273. The molecular formula is C44H53NP2. The van der Waals surface area contributed by atoms with E-state index in [0.717, 1.165) is 5.69 Å². The molecule has 0 spiro atoms. The number of para-hydroxylation sites is 1. The lowest BCUT2D eigenvalue weighted by atomic mass is 10.0. The molecule has 1 nitrogen and oxygen atoms in total. The van der Waals surface area contributed by atoms with Crippen LogP contribution in [0.5, 0.6) is 0 Å². The molecule has 244 valence electrons. The van der Waals surface area contributed by atoms with Crippen LogP contribution in [0.15, 0.2) is 127 Å². The van der Waals surface area contributed by atoms with Crippen molar-refractivity contribution in [2.24, 2.45) is 0 Å². The van der Waals surface area contributed by atoms with Gasteiger partial charge in [-0.05, 0) is 114 Å². The molecule has 0 radical (unpaired) electrons. The highest BCUT2D eigenvalue weighted by Gasteiger charge is 2.42. The Balaban J connectivity index is 1.90. The van der Waals surface area contributed by atoms with Gasteiger partial charge in [0.25, 0.3) is 0 Å². The summed E-state index contributed by atoms with van der Waals surface area (Å²) in [5, 5.41) is 2.76. The average molecular weight is 658 g/mol. The third-order valence-corrected chi connectivity index (χ3v) is 20.1. The first kappa shape index (κ1) is 35.1. The maximum absolute atomic E-state index is 5.16. The highest BCUT2D eigenvalue weighted by atomic mass is 31.2. The van der Waals surface area contributed by atoms with E-state index in [1.165, 1.54) is 44.2 Å². The normalized spacial score (nSPS) is 12.4. The molecule has 3 heteroatoms. The van der Waals surface area contributed by atoms with Crippen molar-refractivity contribution < 1.29 is 0 Å². The summed E-state index contributed by atoms with van der Waals surface area (Å²) < 4.78 is 0. The lowest BCUT2D eigenvalue weighted by Crippen LogP contribution is -2.32. The van der Waals surface area contributed by atoms with Gasteiger partial charge in [-0.1, -0.05) is 106 Å². The van der Waals surface area contributed by atoms with Gasteiger partial charge in [0.15, 0.2) is 0 Å². The first-order valence-electron chi connectivity index (χ1n) is 17.1. The number of rotatable bonds is 11. The van der Waals surface area contributed by atoms with Crippen LogP contribution in [0.1, 0.15) is 55.4 Å². The first-order valence-corrected chi connectivity index (χ1v) is 21.3. The highest BCUT2D eigenvalue weighted by molar-refractivity contribution is 7.85. The van der Waals surface area contributed by atoms with Crippen molar-refractivity contribution in [3.63, 3.8) is 0 Å². The van der Waals surface area contributed by atoms with E-state index in [-0.39, 0.29) is 0 Å². The molecule has 0 N–H and O–H groups in total. The first-order chi connectivity index (χ1) is 22.4. The van der Waals surface area contributed by atoms with Gasteiger partial charge in [0.1, 0.15) is 0 Å². The van der Waals surface area contributed by atoms with E-state index in [0.29, 0.717) is 22.6 Å². The quantitative estimate of drug-likeness (QED) is 0.101. The number of hydrogen-bond acceptors (Lipinski definition) is 1. The van der Waals surface area contributed by atoms with Crippen molar-refractivity contribution in [2.45, 2.75) is 78.0 Å². The van der Waals surface area contributed by atoms with Gasteiger partial charge in [-0.15, -0.1) is 0 Å². The molecule has 5 aromatic rings. The SMILES string of the molecule is [CH2-][P+](c1cc(-c2ccccc2)ccc1N(c1ccccc1)c1ccc(-c2ccccc2)cc1[P+]([CH2-])(C(C)C)C(C)C)(C(C)C)C(C)C. The summed E-state index contributed by atoms with van der Waals surface area (Å²) in [6.07, 6.45) is 0. The van der Waals surface area contributed by atoms with E-state index < -0.39 is 14.5 Å². The Hall–Kier alpha value is -3.24. The molecule has 0 saturated heterocycles. The fourth-order valence-corrected chi connectivity index (χ4v) is 13.6. The van der Waals surface area contributed by atoms with Gasteiger partial charge in [0.2, 0.25) is 0 Å². The van der Waals surface area contributed by atoms with Crippen LogP contribution in [-0.2, 0) is 0 Å². The molecule has 0 unspecified atom stereocenters. The fourth-order valence-electron chi connectivity index (χ4n) is 7.00. The second kappa shape index (κ2) is 14.5. The molecule has 0 atom stereocenters. The summed E-state index contributed by atoms with van der Waals surface area (Å²) in [7, 11) is -3.79. The Kier molecular flexibility index (Phi) is 10.8. The number of benzene rings is 5. The van der Waals surface area contributed by atoms with Crippen LogP contribution in [-0.4, -0.2) is 22.6 Å². The van der Waals surface area contributed by atoms with E-state index in [2.05, 4.69) is 188 Å². The molecule has 0 aliphatic heterocycles. The van der Waals surface area contributed by atoms with Crippen LogP contribution < -0.4 is 15.5 Å². The van der Waals surface area contributed by atoms with Crippen LogP contribution in [0.4, 0.5) is 17.1 Å². The predicted octanol–water partition coefficient (Wildman–Crippen LogP) is 13.0. The Morgan fingerprint density at radius 3 is 1.04 bits per heavy atom. The van der Waals surface area contributed by atoms with Gasteiger partial charge in [-0.3, -0.25) is 0 Å². The van der Waals surface area contributed by atoms with Crippen LogP contribution in [0, 0.1) is 13.3 Å². The van der Waals surface area contributed by atoms with Crippen molar-refractivity contribution in [3.8, 4) is 22.3 Å². The number of hydrogen-bond donors (Lipinski definition) is 0. The maximum Gasteiger partial charge on any atom is 0.0895 e. The zero-order valence-electron chi connectivity index (χ0n) is 29.7. The lowest BCUT2D eigenvalue weighted by molar-refractivity contribution is 1.00. The molecule has 0 aromatic heterocycles. The van der Waals surface area contributed by atoms with Gasteiger partial charge in [-0.2, -0.15) is 13.3 Å². The summed E-state index contributed by atoms with van der Waals surface area (Å²) in [6, 6.07) is 46.8. The van der Waals surface area contributed by atoms with Crippen molar-refractivity contribution in [1.29, 1.82) is 0 Å². The zero-order valence-corrected chi connectivity index (χ0v) is 31.5. The topological polar surface area (TPSA) is 3.24 Å². The van der Waals surface area contributed by atoms with Crippen LogP contribution in [0.2, 0.25) is 0 Å². The molecular weight excluding hydrogens is 604 g/mol. The van der Waals surface area contributed by atoms with E-state index in [4.69, 9.17) is 13.3 Å². The zero-order chi connectivity index (χ0) is 33.9. The summed E-state index contributed by atoms with van der Waals surface area (Å²) in [5.41, 5.74) is 10.3. The second-order valence-corrected chi connectivity index (χ2v) is 22.9. The minimum atomic E-state index is -1.89. The summed E-state index contributed by atoms with van der Waals surface area (Å²) >= 11 is 0. The number of anilines is 3. The summed E-state index contributed by atoms with van der Waals surface area (Å²) in [5.74, 6) is 0. The van der Waals surface area contributed by atoms with E-state index >= 15 is 0 Å². The second-order valence-electron chi connectivity index (χ2n) is 14.0. The number of nitrogens with zero attached hydrogens (tertiary/aromatic N) is 1. The molecule has 5 aromatic carbocycles. The molecule has 47 heavy (non-hydrogen) atoms. The van der Waals surface area contributed by atoms with Gasteiger partial charge >= 0.3 is 0 Å². The highest BCUT2D eigenvalue weighted by Crippen LogP contribution is 2.68. The van der Waals surface area contributed by atoms with Crippen LogP contribution >= 0.6 is 14.5 Å². The van der Waals surface area contributed by atoms with E-state index in [1.807, 2.05) is 0 Å². The smallest absolute Gasteiger partial charge is 0.0895 e. The Morgan fingerprint density at radius 1 is 0.404 bits per heavy atom. The Bertz CT molecular complexity index is 1630. The summed E-state index contributed by atoms with van der Waals surface area (Å²) in [6.45, 7) is 29.3. The van der Waals surface area contributed by atoms with Gasteiger partial charge in [-0.25, -0.2) is 0 Å². The van der Waals surface area contributed by atoms with Crippen molar-refractivity contribution in [3.05, 3.63) is 141 Å². The molecule has 0 fully saturated rings. The maximum atomic E-state index is 5.16. The molecule has 0 bridgehead atoms. The Morgan fingerprint density at radius 2 is 0.723 bits per heavy atom. The molecule has 0 aliphatic rings. The van der Waals surface area contributed by atoms with Gasteiger partial charge in [0, 0.05) is 28.3 Å². The monoisotopic (exact) mass is 657 g/mol. The molecule has 5 rings (SSSR count).